The molecule has 146 valence electrons. The molecule has 7 heteroatoms. The number of nitrogens with one attached hydrogen (secondary N) is 1. The molecule has 5 nitrogen and oxygen atoms in total. The van der Waals surface area contributed by atoms with Crippen molar-refractivity contribution in [1.82, 2.24) is 4.98 Å². The maximum Gasteiger partial charge on any atom is 0.266 e. The molecule has 0 spiro atoms. The van der Waals surface area contributed by atoms with E-state index in [2.05, 4.69) is 4.98 Å². The van der Waals surface area contributed by atoms with Crippen LogP contribution in [0.3, 0.4) is 0 Å². The molecule has 0 aliphatic carbocycles. The van der Waals surface area contributed by atoms with E-state index in [4.69, 9.17) is 21.1 Å². The number of carbonyl (C=O) groups is 1. The minimum Gasteiger partial charge on any atom is -0.493 e. The highest BCUT2D eigenvalue weighted by molar-refractivity contribution is 7.07. The lowest BCUT2D eigenvalue weighted by atomic mass is 9.91. The summed E-state index contributed by atoms with van der Waals surface area (Å²) < 4.78 is 12.0. The summed E-state index contributed by atoms with van der Waals surface area (Å²) in [5.41, 5.74) is -0.0453. The van der Waals surface area contributed by atoms with E-state index < -0.39 is 5.41 Å². The van der Waals surface area contributed by atoms with E-state index in [1.165, 1.54) is 24.5 Å². The fraction of sp³-hybridized carbons (Fsp3) is 0.400. The molecule has 0 bridgehead atoms. The standard InChI is InChI=1S/C20H24ClNO4S/c1-6-7-26-18-13(21)8-12(9-14(18)25-5)10-15-19(24)22-17(27-15)11-16(23)20(2,3)4/h8-11H,6-7H2,1-5H3,(H,22,24)/b15-10-,17-11-. The number of thiazole rings is 1. The quantitative estimate of drug-likeness (QED) is 0.795. The van der Waals surface area contributed by atoms with Crippen LogP contribution in [-0.2, 0) is 4.79 Å². The average molecular weight is 410 g/mol. The van der Waals surface area contributed by atoms with E-state index in [1.807, 2.05) is 27.7 Å². The van der Waals surface area contributed by atoms with E-state index in [9.17, 15) is 9.59 Å². The molecule has 0 saturated carbocycles. The third kappa shape index (κ3) is 5.47. The first-order valence-electron chi connectivity index (χ1n) is 8.63. The van der Waals surface area contributed by atoms with Crippen molar-refractivity contribution in [2.75, 3.05) is 13.7 Å². The summed E-state index contributed by atoms with van der Waals surface area (Å²) in [5.74, 6) is 0.946. The Morgan fingerprint density at radius 3 is 2.63 bits per heavy atom. The number of benzene rings is 1. The number of hydrogen-bond acceptors (Lipinski definition) is 5. The van der Waals surface area contributed by atoms with Gasteiger partial charge < -0.3 is 14.5 Å². The number of aromatic nitrogens is 1. The molecule has 0 fully saturated rings. The molecule has 0 unspecified atom stereocenters. The molecule has 0 amide bonds. The molecule has 2 aromatic rings. The number of ketones is 1. The van der Waals surface area contributed by atoms with Crippen LogP contribution in [0.4, 0.5) is 0 Å². The van der Waals surface area contributed by atoms with Crippen LogP contribution < -0.4 is 24.2 Å². The second kappa shape index (κ2) is 8.76. The highest BCUT2D eigenvalue weighted by Crippen LogP contribution is 2.36. The molecule has 1 N–H and O–H groups in total. The summed E-state index contributed by atoms with van der Waals surface area (Å²) in [6, 6.07) is 3.48. The molecule has 0 aliphatic heterocycles. The highest BCUT2D eigenvalue weighted by Gasteiger charge is 2.18. The van der Waals surface area contributed by atoms with E-state index in [1.54, 1.807) is 18.2 Å². The number of ether oxygens (including phenoxy) is 2. The van der Waals surface area contributed by atoms with Gasteiger partial charge in [0.1, 0.15) is 0 Å². The van der Waals surface area contributed by atoms with Crippen LogP contribution >= 0.6 is 22.9 Å². The predicted octanol–water partition coefficient (Wildman–Crippen LogP) is 3.11. The molecular formula is C20H24ClNO4S. The molecule has 27 heavy (non-hydrogen) atoms. The third-order valence-electron chi connectivity index (χ3n) is 3.68. The second-order valence-electron chi connectivity index (χ2n) is 7.07. The van der Waals surface area contributed by atoms with Crippen molar-refractivity contribution >= 4 is 40.9 Å². The normalized spacial score (nSPS) is 13.1. The zero-order chi connectivity index (χ0) is 20.2. The molecule has 1 aromatic carbocycles. The maximum atomic E-state index is 12.2. The lowest BCUT2D eigenvalue weighted by Gasteiger charge is -2.12. The van der Waals surface area contributed by atoms with E-state index in [0.717, 1.165) is 6.42 Å². The van der Waals surface area contributed by atoms with Crippen molar-refractivity contribution in [1.29, 1.82) is 0 Å². The van der Waals surface area contributed by atoms with Gasteiger partial charge in [0.05, 0.1) is 27.9 Å². The number of rotatable bonds is 6. The SMILES string of the molecule is CCCOc1c(Cl)cc(/C=c2\s/c(=C\C(=O)C(C)(C)C)[nH]c2=O)cc1OC. The zero-order valence-electron chi connectivity index (χ0n) is 16.1. The van der Waals surface area contributed by atoms with Gasteiger partial charge in [-0.15, -0.1) is 11.3 Å². The van der Waals surface area contributed by atoms with Crippen LogP contribution in [0.1, 0.15) is 39.7 Å². The predicted molar refractivity (Wildman–Crippen MR) is 110 cm³/mol. The van der Waals surface area contributed by atoms with Gasteiger partial charge in [-0.05, 0) is 30.2 Å². The lowest BCUT2D eigenvalue weighted by Crippen LogP contribution is -2.22. The largest absolute Gasteiger partial charge is 0.493 e. The first kappa shape index (κ1) is 21.3. The molecule has 0 atom stereocenters. The molecular weight excluding hydrogens is 386 g/mol. The van der Waals surface area contributed by atoms with Crippen molar-refractivity contribution in [3.05, 3.63) is 42.3 Å². The van der Waals surface area contributed by atoms with Gasteiger partial charge in [0.25, 0.3) is 5.56 Å². The van der Waals surface area contributed by atoms with Gasteiger partial charge in [0, 0.05) is 11.5 Å². The number of halogens is 1. The number of hydrogen-bond donors (Lipinski definition) is 1. The summed E-state index contributed by atoms with van der Waals surface area (Å²) in [4.78, 5) is 27.1. The number of carbonyl (C=O) groups excluding carboxylic acids is 1. The number of Topliss-reactive ketones (excluding diaryl/α,β-unsaturated/α-hetero) is 1. The minimum absolute atomic E-state index is 0.0475. The van der Waals surface area contributed by atoms with Crippen molar-refractivity contribution < 1.29 is 14.3 Å². The van der Waals surface area contributed by atoms with E-state index in [-0.39, 0.29) is 11.3 Å². The van der Waals surface area contributed by atoms with Crippen molar-refractivity contribution in [2.24, 2.45) is 5.41 Å². The highest BCUT2D eigenvalue weighted by atomic mass is 35.5. The van der Waals surface area contributed by atoms with Gasteiger partial charge in [-0.3, -0.25) is 9.59 Å². The number of H-pyrrole nitrogens is 1. The first-order chi connectivity index (χ1) is 12.7. The van der Waals surface area contributed by atoms with Gasteiger partial charge in [0.2, 0.25) is 0 Å². The first-order valence-corrected chi connectivity index (χ1v) is 9.82. The Morgan fingerprint density at radius 1 is 1.33 bits per heavy atom. The molecule has 0 aliphatic rings. The molecule has 0 saturated heterocycles. The Labute approximate surface area is 167 Å². The van der Waals surface area contributed by atoms with Gasteiger partial charge in [0.15, 0.2) is 17.3 Å². The van der Waals surface area contributed by atoms with Gasteiger partial charge in [-0.2, -0.15) is 0 Å². The van der Waals surface area contributed by atoms with Crippen molar-refractivity contribution in [2.45, 2.75) is 34.1 Å². The Morgan fingerprint density at radius 2 is 2.04 bits per heavy atom. The average Bonchev–Trinajstić information content (AvgIpc) is 2.91. The summed E-state index contributed by atoms with van der Waals surface area (Å²) in [6.07, 6.45) is 4.03. The topological polar surface area (TPSA) is 68.4 Å². The Kier molecular flexibility index (Phi) is 6.89. The summed E-state index contributed by atoms with van der Waals surface area (Å²) in [5, 5.41) is 0.414. The zero-order valence-corrected chi connectivity index (χ0v) is 17.7. The second-order valence-corrected chi connectivity index (χ2v) is 8.56. The van der Waals surface area contributed by atoms with Gasteiger partial charge in [-0.1, -0.05) is 39.3 Å². The monoisotopic (exact) mass is 409 g/mol. The molecule has 1 heterocycles. The van der Waals surface area contributed by atoms with Crippen molar-refractivity contribution in [3.8, 4) is 11.5 Å². The number of methoxy groups -OCH3 is 1. The van der Waals surface area contributed by atoms with Gasteiger partial charge >= 0.3 is 0 Å². The lowest BCUT2D eigenvalue weighted by molar-refractivity contribution is -0.119. The van der Waals surface area contributed by atoms with Crippen LogP contribution in [0.5, 0.6) is 11.5 Å². The summed E-state index contributed by atoms with van der Waals surface area (Å²) in [7, 11) is 1.54. The Balaban J connectivity index is 2.48. The molecule has 0 radical (unpaired) electrons. The minimum atomic E-state index is -0.500. The third-order valence-corrected chi connectivity index (χ3v) is 4.93. The Bertz CT molecular complexity index is 998. The van der Waals surface area contributed by atoms with Crippen LogP contribution in [-0.4, -0.2) is 24.5 Å². The summed E-state index contributed by atoms with van der Waals surface area (Å²) >= 11 is 7.54. The van der Waals surface area contributed by atoms with E-state index >= 15 is 0 Å². The van der Waals surface area contributed by atoms with Crippen LogP contribution in [0.2, 0.25) is 5.02 Å². The Hall–Kier alpha value is -2.05. The van der Waals surface area contributed by atoms with Crippen LogP contribution in [0.25, 0.3) is 12.2 Å². The maximum absolute atomic E-state index is 12.2. The van der Waals surface area contributed by atoms with Crippen LogP contribution in [0, 0.1) is 5.41 Å². The van der Waals surface area contributed by atoms with Crippen molar-refractivity contribution in [3.63, 3.8) is 0 Å². The fourth-order valence-electron chi connectivity index (χ4n) is 2.18. The molecule has 1 aromatic heterocycles. The van der Waals surface area contributed by atoms with Crippen LogP contribution in [0.15, 0.2) is 16.9 Å². The molecule has 2 rings (SSSR count). The fourth-order valence-corrected chi connectivity index (χ4v) is 3.34. The smallest absolute Gasteiger partial charge is 0.266 e. The van der Waals surface area contributed by atoms with E-state index in [0.29, 0.717) is 37.9 Å². The number of aromatic amines is 1. The summed E-state index contributed by atoms with van der Waals surface area (Å²) in [6.45, 7) is 8.04. The van der Waals surface area contributed by atoms with Gasteiger partial charge in [-0.25, -0.2) is 0 Å².